The van der Waals surface area contributed by atoms with E-state index >= 15 is 0 Å². The minimum Gasteiger partial charge on any atom is -0.383 e. The van der Waals surface area contributed by atoms with Gasteiger partial charge >= 0.3 is 6.03 Å². The quantitative estimate of drug-likeness (QED) is 0.496. The van der Waals surface area contributed by atoms with Gasteiger partial charge in [0.15, 0.2) is 0 Å². The third kappa shape index (κ3) is 5.95. The number of nitrogens with zero attached hydrogens (tertiary/aromatic N) is 2. The van der Waals surface area contributed by atoms with E-state index < -0.39 is 5.54 Å². The summed E-state index contributed by atoms with van der Waals surface area (Å²) in [7, 11) is 1.55. The molecule has 2 aromatic rings. The van der Waals surface area contributed by atoms with Crippen molar-refractivity contribution in [1.82, 2.24) is 15.1 Å². The van der Waals surface area contributed by atoms with Crippen molar-refractivity contribution in [1.29, 1.82) is 0 Å². The highest BCUT2D eigenvalue weighted by atomic mass is 19.1. The van der Waals surface area contributed by atoms with E-state index in [4.69, 9.17) is 4.74 Å². The van der Waals surface area contributed by atoms with Crippen molar-refractivity contribution in [3.8, 4) is 0 Å². The zero-order valence-corrected chi connectivity index (χ0v) is 21.6. The van der Waals surface area contributed by atoms with Crippen LogP contribution in [0.15, 0.2) is 48.5 Å². The highest BCUT2D eigenvalue weighted by Crippen LogP contribution is 2.37. The summed E-state index contributed by atoms with van der Waals surface area (Å²) in [5, 5.41) is 3.06. The first-order valence-corrected chi connectivity index (χ1v) is 13.0. The van der Waals surface area contributed by atoms with Crippen LogP contribution >= 0.6 is 0 Å². The number of methoxy groups -OCH3 is 1. The number of halogens is 1. The van der Waals surface area contributed by atoms with Crippen LogP contribution in [-0.2, 0) is 28.9 Å². The second-order valence-electron chi connectivity index (χ2n) is 10.6. The molecule has 2 saturated heterocycles. The lowest BCUT2D eigenvalue weighted by Crippen LogP contribution is -2.57. The van der Waals surface area contributed by atoms with E-state index in [1.165, 1.54) is 28.2 Å². The zero-order chi connectivity index (χ0) is 25.7. The smallest absolute Gasteiger partial charge is 0.325 e. The number of rotatable bonds is 10. The average Bonchev–Trinajstić information content (AvgIpc) is 3.10. The Balaban J connectivity index is 1.46. The minimum atomic E-state index is -1.02. The molecular formula is C29H38FN3O3. The van der Waals surface area contributed by atoms with Crippen LogP contribution in [0.5, 0.6) is 0 Å². The molecule has 0 aliphatic carbocycles. The Bertz CT molecular complexity index is 1030. The summed E-state index contributed by atoms with van der Waals surface area (Å²) in [5.41, 5.74) is 2.47. The molecule has 4 rings (SSSR count). The van der Waals surface area contributed by atoms with Crippen LogP contribution in [-0.4, -0.2) is 60.6 Å². The van der Waals surface area contributed by atoms with Gasteiger partial charge in [-0.2, -0.15) is 0 Å². The van der Waals surface area contributed by atoms with E-state index in [1.54, 1.807) is 19.2 Å². The van der Waals surface area contributed by atoms with Gasteiger partial charge in [0.05, 0.1) is 13.2 Å². The predicted octanol–water partition coefficient (Wildman–Crippen LogP) is 4.42. The molecule has 36 heavy (non-hydrogen) atoms. The van der Waals surface area contributed by atoms with Crippen LogP contribution in [0, 0.1) is 17.7 Å². The molecule has 2 aliphatic heterocycles. The molecule has 194 valence electrons. The molecule has 3 amide bonds. The highest BCUT2D eigenvalue weighted by Gasteiger charge is 2.55. The van der Waals surface area contributed by atoms with Gasteiger partial charge in [-0.1, -0.05) is 50.2 Å². The van der Waals surface area contributed by atoms with Gasteiger partial charge in [0.2, 0.25) is 0 Å². The van der Waals surface area contributed by atoms with Gasteiger partial charge in [-0.15, -0.1) is 0 Å². The molecule has 0 unspecified atom stereocenters. The molecule has 2 fully saturated rings. The van der Waals surface area contributed by atoms with E-state index in [2.05, 4.69) is 48.3 Å². The molecule has 0 bridgehead atoms. The normalized spacial score (nSPS) is 21.4. The third-order valence-corrected chi connectivity index (χ3v) is 7.47. The van der Waals surface area contributed by atoms with E-state index in [0.717, 1.165) is 44.5 Å². The maximum absolute atomic E-state index is 13.7. The fraction of sp³-hybridized carbons (Fsp3) is 0.517. The van der Waals surface area contributed by atoms with Crippen molar-refractivity contribution in [2.45, 2.75) is 51.6 Å². The van der Waals surface area contributed by atoms with E-state index in [-0.39, 0.29) is 30.2 Å². The Morgan fingerprint density at radius 2 is 1.61 bits per heavy atom. The average molecular weight is 496 g/mol. The van der Waals surface area contributed by atoms with E-state index in [9.17, 15) is 14.0 Å². The molecule has 2 aromatic carbocycles. The number of imide groups is 1. The van der Waals surface area contributed by atoms with Crippen molar-refractivity contribution in [2.75, 3.05) is 33.4 Å². The number of hydrogen-bond acceptors (Lipinski definition) is 4. The van der Waals surface area contributed by atoms with Crippen LogP contribution in [0.2, 0.25) is 0 Å². The number of carbonyl (C=O) groups is 2. The largest absolute Gasteiger partial charge is 0.383 e. The second kappa shape index (κ2) is 11.5. The first kappa shape index (κ1) is 26.3. The fourth-order valence-electron chi connectivity index (χ4n) is 5.59. The van der Waals surface area contributed by atoms with Crippen LogP contribution < -0.4 is 5.32 Å². The Morgan fingerprint density at radius 1 is 1.00 bits per heavy atom. The number of benzene rings is 2. The number of urea groups is 1. The predicted molar refractivity (Wildman–Crippen MR) is 138 cm³/mol. The summed E-state index contributed by atoms with van der Waals surface area (Å²) in [4.78, 5) is 30.3. The highest BCUT2D eigenvalue weighted by molar-refractivity contribution is 6.07. The van der Waals surface area contributed by atoms with E-state index in [1.807, 2.05) is 0 Å². The van der Waals surface area contributed by atoms with Gasteiger partial charge in [-0.25, -0.2) is 9.18 Å². The Morgan fingerprint density at radius 3 is 2.22 bits per heavy atom. The lowest BCUT2D eigenvalue weighted by molar-refractivity contribution is -0.134. The van der Waals surface area contributed by atoms with Crippen LogP contribution in [0.4, 0.5) is 9.18 Å². The SMILES string of the molecule is COCCN1C(=O)N[C@@](Cc2ccc(F)cc2)(C2CCN(Cc3ccc(CC(C)C)cc3)CC2)C1=O. The molecule has 2 heterocycles. The first-order valence-electron chi connectivity index (χ1n) is 13.0. The zero-order valence-electron chi connectivity index (χ0n) is 21.6. The molecule has 0 radical (unpaired) electrons. The number of nitrogens with one attached hydrogen (secondary N) is 1. The topological polar surface area (TPSA) is 61.9 Å². The third-order valence-electron chi connectivity index (χ3n) is 7.47. The van der Waals surface area contributed by atoms with Gasteiger partial charge in [-0.05, 0) is 73.0 Å². The van der Waals surface area contributed by atoms with Crippen molar-refractivity contribution >= 4 is 11.9 Å². The number of amides is 3. The minimum absolute atomic E-state index is 0.00350. The number of likely N-dealkylation sites (tertiary alicyclic amines) is 1. The first-order chi connectivity index (χ1) is 17.3. The summed E-state index contributed by atoms with van der Waals surface area (Å²) in [5.74, 6) is 0.118. The number of piperidine rings is 1. The van der Waals surface area contributed by atoms with Gasteiger partial charge in [0, 0.05) is 20.1 Å². The van der Waals surface area contributed by atoms with Crippen molar-refractivity contribution in [3.05, 3.63) is 71.0 Å². The molecule has 0 spiro atoms. The lowest BCUT2D eigenvalue weighted by atomic mass is 9.74. The Hall–Kier alpha value is -2.77. The summed E-state index contributed by atoms with van der Waals surface area (Å²) in [6.45, 7) is 7.55. The summed E-state index contributed by atoms with van der Waals surface area (Å²) in [6.07, 6.45) is 3.04. The molecule has 0 aromatic heterocycles. The molecule has 7 heteroatoms. The van der Waals surface area contributed by atoms with Crippen molar-refractivity contribution in [2.24, 2.45) is 11.8 Å². The summed E-state index contributed by atoms with van der Waals surface area (Å²) in [6, 6.07) is 14.7. The van der Waals surface area contributed by atoms with Gasteiger partial charge in [0.25, 0.3) is 5.91 Å². The number of ether oxygens (including phenoxy) is 1. The Labute approximate surface area is 213 Å². The molecular weight excluding hydrogens is 457 g/mol. The summed E-state index contributed by atoms with van der Waals surface area (Å²) < 4.78 is 18.6. The summed E-state index contributed by atoms with van der Waals surface area (Å²) >= 11 is 0. The maximum Gasteiger partial charge on any atom is 0.325 e. The second-order valence-corrected chi connectivity index (χ2v) is 10.6. The van der Waals surface area contributed by atoms with E-state index in [0.29, 0.717) is 18.9 Å². The van der Waals surface area contributed by atoms with Gasteiger partial charge < -0.3 is 10.1 Å². The monoisotopic (exact) mass is 495 g/mol. The Kier molecular flexibility index (Phi) is 8.42. The van der Waals surface area contributed by atoms with Crippen LogP contribution in [0.25, 0.3) is 0 Å². The fourth-order valence-corrected chi connectivity index (χ4v) is 5.59. The van der Waals surface area contributed by atoms with Crippen LogP contribution in [0.1, 0.15) is 43.4 Å². The van der Waals surface area contributed by atoms with Gasteiger partial charge in [0.1, 0.15) is 11.4 Å². The molecule has 1 atom stereocenters. The number of hydrogen-bond donors (Lipinski definition) is 1. The molecule has 0 saturated carbocycles. The molecule has 2 aliphatic rings. The standard InChI is InChI=1S/C29H38FN3O3/c1-21(2)18-22-4-6-24(7-5-22)20-32-14-12-25(13-15-32)29(19-23-8-10-26(30)11-9-23)27(34)33(16-17-36-3)28(35)31-29/h4-11,21,25H,12-20H2,1-3H3,(H,31,35)/t29-/m0/s1. The van der Waals surface area contributed by atoms with Crippen molar-refractivity contribution < 1.29 is 18.7 Å². The lowest BCUT2D eigenvalue weighted by Gasteiger charge is -2.41. The molecule has 6 nitrogen and oxygen atoms in total. The molecule has 1 N–H and O–H groups in total. The number of carbonyl (C=O) groups excluding carboxylic acids is 2. The van der Waals surface area contributed by atoms with Crippen LogP contribution in [0.3, 0.4) is 0 Å². The van der Waals surface area contributed by atoms with Gasteiger partial charge in [-0.3, -0.25) is 14.6 Å². The maximum atomic E-state index is 13.7. The van der Waals surface area contributed by atoms with Crippen molar-refractivity contribution in [3.63, 3.8) is 0 Å².